The van der Waals surface area contributed by atoms with Crippen molar-refractivity contribution in [3.05, 3.63) is 58.1 Å². The molecule has 0 N–H and O–H groups in total. The van der Waals surface area contributed by atoms with Gasteiger partial charge in [0.1, 0.15) is 0 Å². The van der Waals surface area contributed by atoms with E-state index in [0.717, 1.165) is 11.3 Å². The average molecular weight is 393 g/mol. The second-order valence-electron chi connectivity index (χ2n) is 5.99. The summed E-state index contributed by atoms with van der Waals surface area (Å²) in [5.41, 5.74) is 2.45. The van der Waals surface area contributed by atoms with E-state index in [0.29, 0.717) is 22.3 Å². The summed E-state index contributed by atoms with van der Waals surface area (Å²) < 4.78 is 0. The maximum Gasteiger partial charge on any atom is 0.228 e. The highest BCUT2D eigenvalue weighted by Gasteiger charge is 2.19. The third kappa shape index (κ3) is 4.99. The van der Waals surface area contributed by atoms with E-state index in [4.69, 9.17) is 23.2 Å². The largest absolute Gasteiger partial charge is 0.313 e. The number of benzene rings is 2. The smallest absolute Gasteiger partial charge is 0.228 e. The fourth-order valence-electron chi connectivity index (χ4n) is 2.78. The number of carbonyl (C=O) groups is 2. The van der Waals surface area contributed by atoms with Gasteiger partial charge in [0.2, 0.25) is 11.8 Å². The zero-order chi connectivity index (χ0) is 19.3. The Hall–Kier alpha value is -2.04. The van der Waals surface area contributed by atoms with Crippen LogP contribution in [0.1, 0.15) is 25.8 Å². The van der Waals surface area contributed by atoms with Crippen molar-refractivity contribution in [2.45, 2.75) is 27.2 Å². The summed E-state index contributed by atoms with van der Waals surface area (Å²) in [6, 6.07) is 12.7. The van der Waals surface area contributed by atoms with Crippen molar-refractivity contribution in [3.8, 4) is 0 Å². The standard InChI is InChI=1S/C20H22Cl2N2O2/c1-4-23(17-7-5-6-14(2)12-17)20(26)10-11-24(15(3)25)19-13-16(21)8-9-18(19)22/h5-9,12-13H,4,10-11H2,1-3H3. The lowest BCUT2D eigenvalue weighted by molar-refractivity contribution is -0.118. The molecule has 138 valence electrons. The van der Waals surface area contributed by atoms with E-state index < -0.39 is 0 Å². The highest BCUT2D eigenvalue weighted by atomic mass is 35.5. The van der Waals surface area contributed by atoms with Crippen molar-refractivity contribution in [3.63, 3.8) is 0 Å². The molecule has 4 nitrogen and oxygen atoms in total. The van der Waals surface area contributed by atoms with Crippen LogP contribution in [0.5, 0.6) is 0 Å². The molecule has 0 aromatic heterocycles. The summed E-state index contributed by atoms with van der Waals surface area (Å²) in [5.74, 6) is -0.247. The topological polar surface area (TPSA) is 40.6 Å². The zero-order valence-corrected chi connectivity index (χ0v) is 16.6. The summed E-state index contributed by atoms with van der Waals surface area (Å²) in [6.45, 7) is 6.15. The highest BCUT2D eigenvalue weighted by Crippen LogP contribution is 2.29. The molecule has 0 radical (unpaired) electrons. The van der Waals surface area contributed by atoms with Gasteiger partial charge in [-0.25, -0.2) is 0 Å². The molecular formula is C20H22Cl2N2O2. The number of nitrogens with zero attached hydrogens (tertiary/aromatic N) is 2. The molecule has 0 atom stereocenters. The van der Waals surface area contributed by atoms with E-state index in [-0.39, 0.29) is 24.8 Å². The quantitative estimate of drug-likeness (QED) is 0.685. The third-order valence-corrected chi connectivity index (χ3v) is 4.61. The van der Waals surface area contributed by atoms with Crippen molar-refractivity contribution >= 4 is 46.4 Å². The fraction of sp³-hybridized carbons (Fsp3) is 0.300. The van der Waals surface area contributed by atoms with Crippen LogP contribution in [0.25, 0.3) is 0 Å². The third-order valence-electron chi connectivity index (χ3n) is 4.06. The monoisotopic (exact) mass is 392 g/mol. The Labute approximate surface area is 164 Å². The Morgan fingerprint density at radius 2 is 1.77 bits per heavy atom. The first-order chi connectivity index (χ1) is 12.3. The van der Waals surface area contributed by atoms with Crippen LogP contribution in [-0.2, 0) is 9.59 Å². The fourth-order valence-corrected chi connectivity index (χ4v) is 3.17. The van der Waals surface area contributed by atoms with Gasteiger partial charge in [-0.05, 0) is 49.7 Å². The van der Waals surface area contributed by atoms with Gasteiger partial charge in [-0.3, -0.25) is 9.59 Å². The summed E-state index contributed by atoms with van der Waals surface area (Å²) in [7, 11) is 0. The van der Waals surface area contributed by atoms with Crippen LogP contribution < -0.4 is 9.80 Å². The minimum atomic E-state index is -0.194. The van der Waals surface area contributed by atoms with Crippen LogP contribution in [-0.4, -0.2) is 24.9 Å². The lowest BCUT2D eigenvalue weighted by atomic mass is 10.2. The molecule has 0 aliphatic carbocycles. The van der Waals surface area contributed by atoms with Gasteiger partial charge in [0.15, 0.2) is 0 Å². The molecular weight excluding hydrogens is 371 g/mol. The molecule has 0 bridgehead atoms. The second-order valence-corrected chi connectivity index (χ2v) is 6.84. The van der Waals surface area contributed by atoms with Crippen LogP contribution >= 0.6 is 23.2 Å². The van der Waals surface area contributed by atoms with E-state index >= 15 is 0 Å². The number of aryl methyl sites for hydroxylation is 1. The molecule has 2 aromatic carbocycles. The number of anilines is 2. The minimum absolute atomic E-state index is 0.0532. The molecule has 0 fully saturated rings. The lowest BCUT2D eigenvalue weighted by Gasteiger charge is -2.25. The first kappa shape index (κ1) is 20.3. The van der Waals surface area contributed by atoms with E-state index in [1.807, 2.05) is 38.1 Å². The number of hydrogen-bond donors (Lipinski definition) is 0. The molecule has 0 saturated heterocycles. The van der Waals surface area contributed by atoms with Crippen molar-refractivity contribution in [1.82, 2.24) is 0 Å². The van der Waals surface area contributed by atoms with Gasteiger partial charge in [0.25, 0.3) is 0 Å². The number of hydrogen-bond acceptors (Lipinski definition) is 2. The molecule has 0 aliphatic heterocycles. The number of rotatable bonds is 6. The number of carbonyl (C=O) groups excluding carboxylic acids is 2. The van der Waals surface area contributed by atoms with Gasteiger partial charge in [-0.1, -0.05) is 35.3 Å². The summed E-state index contributed by atoms with van der Waals surface area (Å²) in [4.78, 5) is 28.0. The van der Waals surface area contributed by atoms with Crippen molar-refractivity contribution in [2.24, 2.45) is 0 Å². The van der Waals surface area contributed by atoms with E-state index in [1.54, 1.807) is 23.1 Å². The van der Waals surface area contributed by atoms with E-state index in [9.17, 15) is 9.59 Å². The van der Waals surface area contributed by atoms with Crippen molar-refractivity contribution in [1.29, 1.82) is 0 Å². The van der Waals surface area contributed by atoms with Crippen LogP contribution in [0.15, 0.2) is 42.5 Å². The summed E-state index contributed by atoms with van der Waals surface area (Å²) >= 11 is 12.2. The second kappa shape index (κ2) is 9.06. The Morgan fingerprint density at radius 3 is 2.38 bits per heavy atom. The molecule has 0 heterocycles. The molecule has 0 unspecified atom stereocenters. The highest BCUT2D eigenvalue weighted by molar-refractivity contribution is 6.35. The molecule has 2 amide bonds. The maximum absolute atomic E-state index is 12.7. The summed E-state index contributed by atoms with van der Waals surface area (Å²) in [6.07, 6.45) is 0.185. The Balaban J connectivity index is 2.16. The Bertz CT molecular complexity index is 808. The normalized spacial score (nSPS) is 10.5. The first-order valence-electron chi connectivity index (χ1n) is 8.43. The van der Waals surface area contributed by atoms with Crippen LogP contribution in [0.4, 0.5) is 11.4 Å². The Kier molecular flexibility index (Phi) is 7.06. The SMILES string of the molecule is CCN(C(=O)CCN(C(C)=O)c1cc(Cl)ccc1Cl)c1cccc(C)c1. The minimum Gasteiger partial charge on any atom is -0.313 e. The van der Waals surface area contributed by atoms with Crippen LogP contribution in [0, 0.1) is 6.92 Å². The number of amides is 2. The average Bonchev–Trinajstić information content (AvgIpc) is 2.58. The predicted octanol–water partition coefficient (Wildman–Crippen LogP) is 5.10. The zero-order valence-electron chi connectivity index (χ0n) is 15.1. The van der Waals surface area contributed by atoms with Gasteiger partial charge in [-0.2, -0.15) is 0 Å². The van der Waals surface area contributed by atoms with Crippen molar-refractivity contribution < 1.29 is 9.59 Å². The molecule has 2 rings (SSSR count). The van der Waals surface area contributed by atoms with Gasteiger partial charge in [0, 0.05) is 37.1 Å². The van der Waals surface area contributed by atoms with E-state index in [2.05, 4.69) is 0 Å². The van der Waals surface area contributed by atoms with Crippen LogP contribution in [0.3, 0.4) is 0 Å². The molecule has 0 aliphatic rings. The van der Waals surface area contributed by atoms with Crippen LogP contribution in [0.2, 0.25) is 10.0 Å². The molecule has 0 spiro atoms. The summed E-state index contributed by atoms with van der Waals surface area (Å²) in [5, 5.41) is 0.903. The first-order valence-corrected chi connectivity index (χ1v) is 9.19. The van der Waals surface area contributed by atoms with Crippen molar-refractivity contribution in [2.75, 3.05) is 22.9 Å². The maximum atomic E-state index is 12.7. The van der Waals surface area contributed by atoms with E-state index in [1.165, 1.54) is 11.8 Å². The molecule has 26 heavy (non-hydrogen) atoms. The van der Waals surface area contributed by atoms with Gasteiger partial charge in [-0.15, -0.1) is 0 Å². The molecule has 6 heteroatoms. The van der Waals surface area contributed by atoms with Gasteiger partial charge < -0.3 is 9.80 Å². The lowest BCUT2D eigenvalue weighted by Crippen LogP contribution is -2.36. The molecule has 0 saturated carbocycles. The Morgan fingerprint density at radius 1 is 1.04 bits per heavy atom. The molecule has 2 aromatic rings. The van der Waals surface area contributed by atoms with Gasteiger partial charge in [0.05, 0.1) is 10.7 Å². The van der Waals surface area contributed by atoms with Gasteiger partial charge >= 0.3 is 0 Å². The number of halogens is 2. The predicted molar refractivity (Wildman–Crippen MR) is 108 cm³/mol.